The zero-order chi connectivity index (χ0) is 14.0. The zero-order valence-electron chi connectivity index (χ0n) is 9.55. The number of halogens is 3. The molecule has 0 saturated heterocycles. The lowest BCUT2D eigenvalue weighted by molar-refractivity contribution is 0.586. The number of hydrogen-bond donors (Lipinski definition) is 2. The van der Waals surface area contributed by atoms with E-state index in [-0.39, 0.29) is 16.4 Å². The highest BCUT2D eigenvalue weighted by molar-refractivity contribution is 6.33. The molecule has 0 unspecified atom stereocenters. The quantitative estimate of drug-likeness (QED) is 0.822. The Morgan fingerprint density at radius 1 is 1.21 bits per heavy atom. The van der Waals surface area contributed by atoms with Gasteiger partial charge in [0.05, 0.1) is 22.0 Å². The Balaban J connectivity index is 2.37. The Labute approximate surface area is 113 Å². The summed E-state index contributed by atoms with van der Waals surface area (Å²) in [4.78, 5) is 0. The van der Waals surface area contributed by atoms with Crippen LogP contribution >= 0.6 is 11.6 Å². The summed E-state index contributed by atoms with van der Waals surface area (Å²) in [6.45, 7) is 0. The van der Waals surface area contributed by atoms with Gasteiger partial charge in [0.2, 0.25) is 0 Å². The van der Waals surface area contributed by atoms with Crippen molar-refractivity contribution in [2.45, 2.75) is 0 Å². The third-order valence-corrected chi connectivity index (χ3v) is 2.75. The molecule has 0 amide bonds. The third kappa shape index (κ3) is 2.75. The van der Waals surface area contributed by atoms with E-state index >= 15 is 0 Å². The van der Waals surface area contributed by atoms with Gasteiger partial charge in [-0.1, -0.05) is 11.6 Å². The predicted octanol–water partition coefficient (Wildman–Crippen LogP) is 3.82. The second-order valence-electron chi connectivity index (χ2n) is 3.78. The molecular formula is C13H8ClF2N3. The smallest absolute Gasteiger partial charge is 0.151 e. The molecule has 0 heterocycles. The molecule has 0 spiro atoms. The van der Waals surface area contributed by atoms with Crippen molar-refractivity contribution in [2.24, 2.45) is 0 Å². The summed E-state index contributed by atoms with van der Waals surface area (Å²) < 4.78 is 26.5. The molecular weight excluding hydrogens is 272 g/mol. The fraction of sp³-hybridized carbons (Fsp3) is 0. The molecule has 0 aliphatic carbocycles. The molecule has 2 aromatic rings. The van der Waals surface area contributed by atoms with E-state index in [1.54, 1.807) is 6.07 Å². The van der Waals surface area contributed by atoms with Gasteiger partial charge in [-0.2, -0.15) is 5.26 Å². The number of nitriles is 1. The van der Waals surface area contributed by atoms with Gasteiger partial charge < -0.3 is 11.1 Å². The molecule has 0 atom stereocenters. The van der Waals surface area contributed by atoms with Crippen LogP contribution in [0.3, 0.4) is 0 Å². The average molecular weight is 280 g/mol. The number of hydrogen-bond acceptors (Lipinski definition) is 3. The van der Waals surface area contributed by atoms with Crippen molar-refractivity contribution in [2.75, 3.05) is 11.1 Å². The van der Waals surface area contributed by atoms with Crippen molar-refractivity contribution in [1.82, 2.24) is 0 Å². The fourth-order valence-electron chi connectivity index (χ4n) is 1.55. The van der Waals surface area contributed by atoms with Crippen LogP contribution < -0.4 is 11.1 Å². The van der Waals surface area contributed by atoms with Crippen LogP contribution in [0.4, 0.5) is 25.8 Å². The molecule has 0 aliphatic heterocycles. The first-order valence-corrected chi connectivity index (χ1v) is 5.60. The van der Waals surface area contributed by atoms with Gasteiger partial charge in [-0.05, 0) is 24.3 Å². The van der Waals surface area contributed by atoms with Gasteiger partial charge in [0.15, 0.2) is 5.82 Å². The maximum atomic E-state index is 13.6. The lowest BCUT2D eigenvalue weighted by atomic mass is 10.1. The molecule has 0 aliphatic rings. The topological polar surface area (TPSA) is 61.8 Å². The van der Waals surface area contributed by atoms with Crippen LogP contribution in [0.2, 0.25) is 5.02 Å². The summed E-state index contributed by atoms with van der Waals surface area (Å²) in [5.74, 6) is -1.57. The van der Waals surface area contributed by atoms with Gasteiger partial charge in [-0.25, -0.2) is 8.78 Å². The minimum Gasteiger partial charge on any atom is -0.398 e. The second-order valence-corrected chi connectivity index (χ2v) is 4.19. The van der Waals surface area contributed by atoms with E-state index in [0.29, 0.717) is 11.3 Å². The van der Waals surface area contributed by atoms with Gasteiger partial charge in [0.25, 0.3) is 0 Å². The standard InChI is InChI=1S/C13H8ClF2N3/c14-10-3-8(15)4-11(16)13(10)19-9-2-1-7(6-17)12(18)5-9/h1-5,19H,18H2. The molecule has 0 bridgehead atoms. The van der Waals surface area contributed by atoms with Crippen molar-refractivity contribution in [3.8, 4) is 6.07 Å². The fourth-order valence-corrected chi connectivity index (χ4v) is 1.79. The molecule has 3 nitrogen and oxygen atoms in total. The monoisotopic (exact) mass is 279 g/mol. The van der Waals surface area contributed by atoms with Gasteiger partial charge in [-0.3, -0.25) is 0 Å². The van der Waals surface area contributed by atoms with Crippen LogP contribution in [-0.2, 0) is 0 Å². The van der Waals surface area contributed by atoms with E-state index in [4.69, 9.17) is 22.6 Å². The third-order valence-electron chi connectivity index (χ3n) is 2.45. The molecule has 0 aromatic heterocycles. The van der Waals surface area contributed by atoms with Gasteiger partial charge in [0.1, 0.15) is 11.9 Å². The summed E-state index contributed by atoms with van der Waals surface area (Å²) >= 11 is 5.76. The Kier molecular flexibility index (Phi) is 3.54. The summed E-state index contributed by atoms with van der Waals surface area (Å²) in [7, 11) is 0. The molecule has 2 aromatic carbocycles. The Bertz CT molecular complexity index is 657. The molecule has 96 valence electrons. The Hall–Kier alpha value is -2.32. The Morgan fingerprint density at radius 2 is 1.95 bits per heavy atom. The lowest BCUT2D eigenvalue weighted by Crippen LogP contribution is -1.98. The van der Waals surface area contributed by atoms with Crippen LogP contribution in [0.5, 0.6) is 0 Å². The SMILES string of the molecule is N#Cc1ccc(Nc2c(F)cc(F)cc2Cl)cc1N. The van der Waals surface area contributed by atoms with Crippen molar-refractivity contribution in [3.05, 3.63) is 52.6 Å². The van der Waals surface area contributed by atoms with Gasteiger partial charge in [-0.15, -0.1) is 0 Å². The summed E-state index contributed by atoms with van der Waals surface area (Å²) in [6.07, 6.45) is 0. The van der Waals surface area contributed by atoms with Crippen LogP contribution in [-0.4, -0.2) is 0 Å². The van der Waals surface area contributed by atoms with Crippen molar-refractivity contribution in [3.63, 3.8) is 0 Å². The highest BCUT2D eigenvalue weighted by Crippen LogP contribution is 2.30. The summed E-state index contributed by atoms with van der Waals surface area (Å²) in [6, 6.07) is 8.15. The van der Waals surface area contributed by atoms with E-state index in [0.717, 1.165) is 12.1 Å². The highest BCUT2D eigenvalue weighted by Gasteiger charge is 2.10. The predicted molar refractivity (Wildman–Crippen MR) is 70.2 cm³/mol. The second kappa shape index (κ2) is 5.12. The van der Waals surface area contributed by atoms with Gasteiger partial charge >= 0.3 is 0 Å². The molecule has 3 N–H and O–H groups in total. The van der Waals surface area contributed by atoms with Crippen LogP contribution in [0, 0.1) is 23.0 Å². The normalized spacial score (nSPS) is 10.0. The van der Waals surface area contributed by atoms with Crippen molar-refractivity contribution < 1.29 is 8.78 Å². The molecule has 0 saturated carbocycles. The minimum atomic E-state index is -0.812. The van der Waals surface area contributed by atoms with Crippen LogP contribution in [0.15, 0.2) is 30.3 Å². The number of nitrogens with two attached hydrogens (primary N) is 1. The number of rotatable bonds is 2. The lowest BCUT2D eigenvalue weighted by Gasteiger charge is -2.10. The molecule has 19 heavy (non-hydrogen) atoms. The minimum absolute atomic E-state index is 0.0489. The molecule has 0 radical (unpaired) electrons. The first-order valence-electron chi connectivity index (χ1n) is 5.22. The molecule has 6 heteroatoms. The van der Waals surface area contributed by atoms with E-state index in [1.807, 2.05) is 6.07 Å². The molecule has 0 fully saturated rings. The van der Waals surface area contributed by atoms with E-state index < -0.39 is 11.6 Å². The number of nitrogens with zero attached hydrogens (tertiary/aromatic N) is 1. The summed E-state index contributed by atoms with van der Waals surface area (Å²) in [5, 5.41) is 11.4. The number of nitrogens with one attached hydrogen (secondary N) is 1. The maximum Gasteiger partial charge on any atom is 0.151 e. The number of anilines is 3. The average Bonchev–Trinajstić information content (AvgIpc) is 2.34. The largest absolute Gasteiger partial charge is 0.398 e. The number of benzene rings is 2. The van der Waals surface area contributed by atoms with Crippen LogP contribution in [0.1, 0.15) is 5.56 Å². The van der Waals surface area contributed by atoms with E-state index in [1.165, 1.54) is 12.1 Å². The van der Waals surface area contributed by atoms with Crippen molar-refractivity contribution in [1.29, 1.82) is 5.26 Å². The highest BCUT2D eigenvalue weighted by atomic mass is 35.5. The maximum absolute atomic E-state index is 13.6. The van der Waals surface area contributed by atoms with Crippen molar-refractivity contribution >= 4 is 28.7 Å². The Morgan fingerprint density at radius 3 is 2.53 bits per heavy atom. The van der Waals surface area contributed by atoms with E-state index in [9.17, 15) is 8.78 Å². The summed E-state index contributed by atoms with van der Waals surface area (Å²) in [5.41, 5.74) is 6.61. The number of nitrogen functional groups attached to an aromatic ring is 1. The van der Waals surface area contributed by atoms with E-state index in [2.05, 4.69) is 5.32 Å². The molecule has 2 rings (SSSR count). The van der Waals surface area contributed by atoms with Crippen LogP contribution in [0.25, 0.3) is 0 Å². The van der Waals surface area contributed by atoms with Gasteiger partial charge in [0, 0.05) is 11.8 Å². The first-order chi connectivity index (χ1) is 9.01. The first kappa shape index (κ1) is 13.1. The zero-order valence-corrected chi connectivity index (χ0v) is 10.3.